The van der Waals surface area contributed by atoms with E-state index in [4.69, 9.17) is 9.47 Å². The lowest BCUT2D eigenvalue weighted by atomic mass is 10.2. The number of hydrogen-bond donors (Lipinski definition) is 2. The molecule has 0 saturated heterocycles. The SMILES string of the molecule is C=CCOc1ccc(/C=C/C(=O)OCC(=O)NC(=O)NC)cc1. The Morgan fingerprint density at radius 2 is 1.91 bits per heavy atom. The highest BCUT2D eigenvalue weighted by molar-refractivity contribution is 5.96. The van der Waals surface area contributed by atoms with E-state index in [0.717, 1.165) is 5.56 Å². The summed E-state index contributed by atoms with van der Waals surface area (Å²) in [5.74, 6) is -0.714. The highest BCUT2D eigenvalue weighted by Gasteiger charge is 2.07. The molecular formula is C16H18N2O5. The molecule has 7 nitrogen and oxygen atoms in total. The summed E-state index contributed by atoms with van der Waals surface area (Å²) in [6.45, 7) is 3.43. The first-order valence-electron chi connectivity index (χ1n) is 6.75. The van der Waals surface area contributed by atoms with Gasteiger partial charge in [-0.2, -0.15) is 0 Å². The number of urea groups is 1. The predicted molar refractivity (Wildman–Crippen MR) is 84.7 cm³/mol. The van der Waals surface area contributed by atoms with Crippen molar-refractivity contribution in [3.05, 3.63) is 48.6 Å². The number of nitrogens with one attached hydrogen (secondary N) is 2. The monoisotopic (exact) mass is 318 g/mol. The molecule has 0 bridgehead atoms. The van der Waals surface area contributed by atoms with Gasteiger partial charge in [-0.25, -0.2) is 9.59 Å². The first-order valence-corrected chi connectivity index (χ1v) is 6.75. The number of amides is 3. The molecule has 2 N–H and O–H groups in total. The Kier molecular flexibility index (Phi) is 7.63. The van der Waals surface area contributed by atoms with Gasteiger partial charge >= 0.3 is 12.0 Å². The summed E-state index contributed by atoms with van der Waals surface area (Å²) in [5.41, 5.74) is 0.766. The second-order valence-corrected chi connectivity index (χ2v) is 4.24. The van der Waals surface area contributed by atoms with Gasteiger partial charge in [0.15, 0.2) is 6.61 Å². The maximum Gasteiger partial charge on any atom is 0.331 e. The highest BCUT2D eigenvalue weighted by atomic mass is 16.5. The Balaban J connectivity index is 2.41. The van der Waals surface area contributed by atoms with Crippen molar-refractivity contribution in [1.82, 2.24) is 10.6 Å². The molecule has 23 heavy (non-hydrogen) atoms. The summed E-state index contributed by atoms with van der Waals surface area (Å²) >= 11 is 0. The smallest absolute Gasteiger partial charge is 0.331 e. The van der Waals surface area contributed by atoms with E-state index >= 15 is 0 Å². The van der Waals surface area contributed by atoms with E-state index in [1.165, 1.54) is 19.2 Å². The molecule has 1 aromatic carbocycles. The largest absolute Gasteiger partial charge is 0.490 e. The number of hydrogen-bond acceptors (Lipinski definition) is 5. The van der Waals surface area contributed by atoms with Crippen molar-refractivity contribution in [2.45, 2.75) is 0 Å². The van der Waals surface area contributed by atoms with Gasteiger partial charge in [0.25, 0.3) is 5.91 Å². The first kappa shape index (κ1) is 18.0. The molecule has 3 amide bonds. The van der Waals surface area contributed by atoms with Crippen LogP contribution >= 0.6 is 0 Å². The topological polar surface area (TPSA) is 93.7 Å². The summed E-state index contributed by atoms with van der Waals surface area (Å²) in [4.78, 5) is 33.5. The van der Waals surface area contributed by atoms with Gasteiger partial charge < -0.3 is 14.8 Å². The van der Waals surface area contributed by atoms with Gasteiger partial charge in [-0.15, -0.1) is 0 Å². The summed E-state index contributed by atoms with van der Waals surface area (Å²) in [5, 5.41) is 4.18. The molecule has 0 aliphatic rings. The Morgan fingerprint density at radius 1 is 1.22 bits per heavy atom. The van der Waals surface area contributed by atoms with Crippen molar-refractivity contribution in [3.63, 3.8) is 0 Å². The molecule has 7 heteroatoms. The molecule has 0 spiro atoms. The molecule has 0 saturated carbocycles. The van der Waals surface area contributed by atoms with Crippen molar-refractivity contribution in [3.8, 4) is 5.75 Å². The number of rotatable bonds is 7. The minimum Gasteiger partial charge on any atom is -0.490 e. The molecule has 0 unspecified atom stereocenters. The zero-order chi connectivity index (χ0) is 17.1. The van der Waals surface area contributed by atoms with Gasteiger partial charge in [-0.3, -0.25) is 10.1 Å². The van der Waals surface area contributed by atoms with E-state index in [2.05, 4.69) is 11.9 Å². The Bertz CT molecular complexity index is 593. The maximum absolute atomic E-state index is 11.5. The van der Waals surface area contributed by atoms with Crippen molar-refractivity contribution >= 4 is 24.0 Å². The molecule has 1 rings (SSSR count). The van der Waals surface area contributed by atoms with E-state index in [-0.39, 0.29) is 0 Å². The fourth-order valence-electron chi connectivity index (χ4n) is 1.40. The summed E-state index contributed by atoms with van der Waals surface area (Å²) in [6, 6.07) is 6.37. The van der Waals surface area contributed by atoms with E-state index in [0.29, 0.717) is 12.4 Å². The predicted octanol–water partition coefficient (Wildman–Crippen LogP) is 1.26. The molecule has 0 aliphatic heterocycles. The summed E-state index contributed by atoms with van der Waals surface area (Å²) in [6.07, 6.45) is 4.37. The molecule has 0 aromatic heterocycles. The van der Waals surface area contributed by atoms with Crippen LogP contribution < -0.4 is 15.4 Å². The number of carbonyl (C=O) groups is 3. The molecule has 1 aromatic rings. The lowest BCUT2D eigenvalue weighted by Gasteiger charge is -2.03. The van der Waals surface area contributed by atoms with Crippen molar-refractivity contribution in [2.75, 3.05) is 20.3 Å². The standard InChI is InChI=1S/C16H18N2O5/c1-3-10-22-13-7-4-12(5-8-13)6-9-15(20)23-11-14(19)18-16(21)17-2/h3-9H,1,10-11H2,2H3,(H2,17,18,19,21)/b9-6+. The second kappa shape index (κ2) is 9.78. The van der Waals surface area contributed by atoms with Gasteiger partial charge in [0.05, 0.1) is 0 Å². The Morgan fingerprint density at radius 3 is 2.52 bits per heavy atom. The van der Waals surface area contributed by atoms with E-state index in [1.807, 2.05) is 5.32 Å². The van der Waals surface area contributed by atoms with Crippen LogP contribution in [-0.4, -0.2) is 38.2 Å². The van der Waals surface area contributed by atoms with Crippen LogP contribution in [-0.2, 0) is 14.3 Å². The van der Waals surface area contributed by atoms with Crippen LogP contribution in [0.1, 0.15) is 5.56 Å². The zero-order valence-electron chi connectivity index (χ0n) is 12.7. The normalized spacial score (nSPS) is 9.96. The molecule has 0 atom stereocenters. The zero-order valence-corrected chi connectivity index (χ0v) is 12.7. The number of benzene rings is 1. The molecule has 0 fully saturated rings. The van der Waals surface area contributed by atoms with Gasteiger partial charge in [0, 0.05) is 13.1 Å². The van der Waals surface area contributed by atoms with Crippen LogP contribution in [0.15, 0.2) is 43.0 Å². The number of carbonyl (C=O) groups excluding carboxylic acids is 3. The Hall–Kier alpha value is -3.09. The third-order valence-corrected chi connectivity index (χ3v) is 2.49. The molecular weight excluding hydrogens is 300 g/mol. The lowest BCUT2D eigenvalue weighted by molar-refractivity contribution is -0.143. The van der Waals surface area contributed by atoms with Crippen molar-refractivity contribution < 1.29 is 23.9 Å². The van der Waals surface area contributed by atoms with Crippen LogP contribution in [0.25, 0.3) is 6.08 Å². The van der Waals surface area contributed by atoms with Gasteiger partial charge in [0.2, 0.25) is 0 Å². The summed E-state index contributed by atoms with van der Waals surface area (Å²) < 4.78 is 10.0. The molecule has 0 radical (unpaired) electrons. The molecule has 0 heterocycles. The first-order chi connectivity index (χ1) is 11.0. The average Bonchev–Trinajstić information content (AvgIpc) is 2.57. The van der Waals surface area contributed by atoms with Gasteiger partial charge in [-0.05, 0) is 23.8 Å². The van der Waals surface area contributed by atoms with E-state index < -0.39 is 24.5 Å². The van der Waals surface area contributed by atoms with Crippen molar-refractivity contribution in [2.24, 2.45) is 0 Å². The van der Waals surface area contributed by atoms with E-state index in [9.17, 15) is 14.4 Å². The van der Waals surface area contributed by atoms with Crippen LogP contribution in [0.5, 0.6) is 5.75 Å². The van der Waals surface area contributed by atoms with Crippen LogP contribution in [0, 0.1) is 0 Å². The lowest BCUT2D eigenvalue weighted by Crippen LogP contribution is -2.39. The Labute approximate surface area is 134 Å². The van der Waals surface area contributed by atoms with Gasteiger partial charge in [0.1, 0.15) is 12.4 Å². The minimum atomic E-state index is -0.713. The third kappa shape index (κ3) is 7.47. The second-order valence-electron chi connectivity index (χ2n) is 4.24. The van der Waals surface area contributed by atoms with Crippen LogP contribution in [0.2, 0.25) is 0 Å². The number of ether oxygens (including phenoxy) is 2. The average molecular weight is 318 g/mol. The van der Waals surface area contributed by atoms with Gasteiger partial charge in [-0.1, -0.05) is 24.8 Å². The molecule has 122 valence electrons. The summed E-state index contributed by atoms with van der Waals surface area (Å²) in [7, 11) is 1.37. The molecule has 0 aliphatic carbocycles. The minimum absolute atomic E-state index is 0.416. The van der Waals surface area contributed by atoms with Crippen molar-refractivity contribution in [1.29, 1.82) is 0 Å². The fourth-order valence-corrected chi connectivity index (χ4v) is 1.40. The number of esters is 1. The van der Waals surface area contributed by atoms with E-state index in [1.54, 1.807) is 30.3 Å². The third-order valence-electron chi connectivity index (χ3n) is 2.49. The number of imide groups is 1. The maximum atomic E-state index is 11.5. The fraction of sp³-hybridized carbons (Fsp3) is 0.188. The van der Waals surface area contributed by atoms with Crippen LogP contribution in [0.4, 0.5) is 4.79 Å². The van der Waals surface area contributed by atoms with Crippen LogP contribution in [0.3, 0.4) is 0 Å². The highest BCUT2D eigenvalue weighted by Crippen LogP contribution is 2.13. The quantitative estimate of drug-likeness (QED) is 0.448.